The van der Waals surface area contributed by atoms with Crippen molar-refractivity contribution < 1.29 is 8.42 Å². The third-order valence-corrected chi connectivity index (χ3v) is 6.43. The molecule has 1 N–H and O–H groups in total. The molecule has 0 aromatic heterocycles. The lowest BCUT2D eigenvalue weighted by Gasteiger charge is -2.35. The molecule has 6 heteroatoms. The van der Waals surface area contributed by atoms with Gasteiger partial charge in [-0.05, 0) is 52.0 Å². The van der Waals surface area contributed by atoms with E-state index in [4.69, 9.17) is 0 Å². The van der Waals surface area contributed by atoms with Crippen molar-refractivity contribution in [3.05, 3.63) is 0 Å². The number of nitrogens with one attached hydrogen (secondary N) is 1. The molecule has 0 aromatic carbocycles. The van der Waals surface area contributed by atoms with Crippen LogP contribution >= 0.6 is 0 Å². The van der Waals surface area contributed by atoms with Crippen LogP contribution in [0.15, 0.2) is 0 Å². The Morgan fingerprint density at radius 1 is 1.21 bits per heavy atom. The van der Waals surface area contributed by atoms with Crippen molar-refractivity contribution in [2.45, 2.75) is 51.6 Å². The molecular weight excluding hydrogens is 262 g/mol. The molecule has 0 radical (unpaired) electrons. The van der Waals surface area contributed by atoms with Gasteiger partial charge >= 0.3 is 0 Å². The van der Waals surface area contributed by atoms with Crippen LogP contribution < -0.4 is 5.32 Å². The Morgan fingerprint density at radius 2 is 1.79 bits per heavy atom. The fourth-order valence-electron chi connectivity index (χ4n) is 2.39. The van der Waals surface area contributed by atoms with E-state index >= 15 is 0 Å². The van der Waals surface area contributed by atoms with E-state index in [-0.39, 0.29) is 6.04 Å². The summed E-state index contributed by atoms with van der Waals surface area (Å²) in [6.45, 7) is 6.20. The van der Waals surface area contributed by atoms with Crippen LogP contribution in [-0.4, -0.2) is 55.8 Å². The van der Waals surface area contributed by atoms with Crippen LogP contribution in [0.1, 0.15) is 39.5 Å². The first kappa shape index (κ1) is 15.2. The molecule has 0 unspecified atom stereocenters. The standard InChI is InChI=1S/C13H27N3O2S/c1-11(2)15(3)19(17,18)16-8-6-13(7-9-16)14-10-12-4-5-12/h11-14H,4-10H2,1-3H3. The highest BCUT2D eigenvalue weighted by molar-refractivity contribution is 7.86. The van der Waals surface area contributed by atoms with Gasteiger partial charge in [-0.1, -0.05) is 0 Å². The first-order valence-electron chi connectivity index (χ1n) is 7.37. The third-order valence-electron chi connectivity index (χ3n) is 4.26. The first-order chi connectivity index (χ1) is 8.91. The lowest BCUT2D eigenvalue weighted by atomic mass is 10.1. The molecular formula is C13H27N3O2S. The van der Waals surface area contributed by atoms with Crippen LogP contribution in [0.2, 0.25) is 0 Å². The summed E-state index contributed by atoms with van der Waals surface area (Å²) in [7, 11) is -1.60. The van der Waals surface area contributed by atoms with Gasteiger partial charge in [0.05, 0.1) is 0 Å². The number of rotatable bonds is 6. The minimum Gasteiger partial charge on any atom is -0.314 e. The summed E-state index contributed by atoms with van der Waals surface area (Å²) in [5, 5.41) is 3.57. The molecule has 112 valence electrons. The maximum Gasteiger partial charge on any atom is 0.281 e. The van der Waals surface area contributed by atoms with Gasteiger partial charge in [0.25, 0.3) is 10.2 Å². The normalized spacial score (nSPS) is 23.4. The van der Waals surface area contributed by atoms with Crippen LogP contribution in [0.3, 0.4) is 0 Å². The monoisotopic (exact) mass is 289 g/mol. The third kappa shape index (κ3) is 3.90. The second-order valence-electron chi connectivity index (χ2n) is 6.14. The van der Waals surface area contributed by atoms with E-state index in [9.17, 15) is 8.42 Å². The highest BCUT2D eigenvalue weighted by Crippen LogP contribution is 2.28. The van der Waals surface area contributed by atoms with Crippen LogP contribution in [0.25, 0.3) is 0 Å². The molecule has 2 fully saturated rings. The number of hydrogen-bond acceptors (Lipinski definition) is 3. The lowest BCUT2D eigenvalue weighted by molar-refractivity contribution is 0.265. The summed E-state index contributed by atoms with van der Waals surface area (Å²) in [4.78, 5) is 0. The predicted octanol–water partition coefficient (Wildman–Crippen LogP) is 1.04. The van der Waals surface area contributed by atoms with Gasteiger partial charge in [-0.25, -0.2) is 0 Å². The second-order valence-corrected chi connectivity index (χ2v) is 8.13. The molecule has 1 aliphatic carbocycles. The SMILES string of the molecule is CC(C)N(C)S(=O)(=O)N1CCC(NCC2CC2)CC1. The average molecular weight is 289 g/mol. The van der Waals surface area contributed by atoms with E-state index < -0.39 is 10.2 Å². The predicted molar refractivity (Wildman–Crippen MR) is 77.1 cm³/mol. The average Bonchev–Trinajstić information content (AvgIpc) is 3.19. The first-order valence-corrected chi connectivity index (χ1v) is 8.77. The minimum atomic E-state index is -3.26. The molecule has 5 nitrogen and oxygen atoms in total. The van der Waals surface area contributed by atoms with Gasteiger partial charge in [0.1, 0.15) is 0 Å². The van der Waals surface area contributed by atoms with Crippen molar-refractivity contribution in [2.75, 3.05) is 26.7 Å². The second kappa shape index (κ2) is 6.08. The maximum atomic E-state index is 12.3. The number of nitrogens with zero attached hydrogens (tertiary/aromatic N) is 2. The maximum absolute atomic E-state index is 12.3. The van der Waals surface area contributed by atoms with Gasteiger partial charge in [-0.15, -0.1) is 0 Å². The van der Waals surface area contributed by atoms with Gasteiger partial charge in [0.15, 0.2) is 0 Å². The van der Waals surface area contributed by atoms with Crippen LogP contribution in [0.4, 0.5) is 0 Å². The number of hydrogen-bond donors (Lipinski definition) is 1. The van der Waals surface area contributed by atoms with E-state index in [0.29, 0.717) is 19.1 Å². The molecule has 1 saturated heterocycles. The van der Waals surface area contributed by atoms with Crippen molar-refractivity contribution in [2.24, 2.45) is 5.92 Å². The fraction of sp³-hybridized carbons (Fsp3) is 1.00. The molecule has 19 heavy (non-hydrogen) atoms. The molecule has 0 atom stereocenters. The molecule has 0 spiro atoms. The molecule has 1 saturated carbocycles. The zero-order valence-electron chi connectivity index (χ0n) is 12.3. The fourth-order valence-corrected chi connectivity index (χ4v) is 3.96. The van der Waals surface area contributed by atoms with Crippen molar-refractivity contribution in [3.8, 4) is 0 Å². The van der Waals surface area contributed by atoms with E-state index in [1.807, 2.05) is 13.8 Å². The summed E-state index contributed by atoms with van der Waals surface area (Å²) in [5.41, 5.74) is 0. The van der Waals surface area contributed by atoms with Crippen molar-refractivity contribution >= 4 is 10.2 Å². The van der Waals surface area contributed by atoms with Crippen molar-refractivity contribution in [1.29, 1.82) is 0 Å². The zero-order valence-corrected chi connectivity index (χ0v) is 13.1. The minimum absolute atomic E-state index is 0.00992. The molecule has 2 aliphatic rings. The number of piperidine rings is 1. The molecule has 2 rings (SSSR count). The highest BCUT2D eigenvalue weighted by atomic mass is 32.2. The zero-order chi connectivity index (χ0) is 14.0. The Balaban J connectivity index is 1.81. The van der Waals surface area contributed by atoms with Crippen molar-refractivity contribution in [1.82, 2.24) is 13.9 Å². The summed E-state index contributed by atoms with van der Waals surface area (Å²) in [6, 6.07) is 0.507. The molecule has 0 bridgehead atoms. The topological polar surface area (TPSA) is 52.7 Å². The van der Waals surface area contributed by atoms with E-state index in [1.165, 1.54) is 17.1 Å². The van der Waals surface area contributed by atoms with Crippen LogP contribution in [0.5, 0.6) is 0 Å². The Morgan fingerprint density at radius 3 is 2.26 bits per heavy atom. The van der Waals surface area contributed by atoms with Gasteiger partial charge in [0.2, 0.25) is 0 Å². The molecule has 1 aliphatic heterocycles. The summed E-state index contributed by atoms with van der Waals surface area (Å²) < 4.78 is 27.8. The Kier molecular flexibility index (Phi) is 4.87. The van der Waals surface area contributed by atoms with Gasteiger partial charge in [-0.2, -0.15) is 17.0 Å². The Bertz CT molecular complexity index is 385. The summed E-state index contributed by atoms with van der Waals surface area (Å²) in [5.74, 6) is 0.883. The largest absolute Gasteiger partial charge is 0.314 e. The highest BCUT2D eigenvalue weighted by Gasteiger charge is 2.32. The van der Waals surface area contributed by atoms with Gasteiger partial charge in [-0.3, -0.25) is 0 Å². The molecule has 0 amide bonds. The van der Waals surface area contributed by atoms with Gasteiger partial charge in [0, 0.05) is 32.2 Å². The van der Waals surface area contributed by atoms with E-state index in [0.717, 1.165) is 25.3 Å². The quantitative estimate of drug-likeness (QED) is 0.795. The van der Waals surface area contributed by atoms with Gasteiger partial charge < -0.3 is 5.32 Å². The lowest BCUT2D eigenvalue weighted by Crippen LogP contribution is -2.50. The molecule has 1 heterocycles. The summed E-state index contributed by atoms with van der Waals surface area (Å²) in [6.07, 6.45) is 4.58. The van der Waals surface area contributed by atoms with Crippen LogP contribution in [0, 0.1) is 5.92 Å². The molecule has 0 aromatic rings. The van der Waals surface area contributed by atoms with E-state index in [1.54, 1.807) is 11.4 Å². The Labute approximate surface area is 117 Å². The van der Waals surface area contributed by atoms with E-state index in [2.05, 4.69) is 5.32 Å². The van der Waals surface area contributed by atoms with Crippen molar-refractivity contribution in [3.63, 3.8) is 0 Å². The summed E-state index contributed by atoms with van der Waals surface area (Å²) >= 11 is 0. The van der Waals surface area contributed by atoms with Crippen LogP contribution in [-0.2, 0) is 10.2 Å². The Hall–Kier alpha value is -0.170. The smallest absolute Gasteiger partial charge is 0.281 e.